The number of hydrogen-bond donors (Lipinski definition) is 0. The fourth-order valence-electron chi connectivity index (χ4n) is 1.60. The zero-order valence-corrected chi connectivity index (χ0v) is 12.9. The van der Waals surface area contributed by atoms with E-state index >= 15 is 0 Å². The lowest BCUT2D eigenvalue weighted by molar-refractivity contribution is 0.0785. The van der Waals surface area contributed by atoms with Gasteiger partial charge in [-0.25, -0.2) is 4.37 Å². The Kier molecular flexibility index (Phi) is 4.16. The van der Waals surface area contributed by atoms with E-state index in [9.17, 15) is 9.59 Å². The van der Waals surface area contributed by atoms with Gasteiger partial charge in [0.25, 0.3) is 11.5 Å². The highest BCUT2D eigenvalue weighted by Crippen LogP contribution is 2.17. The number of pyridine rings is 1. The molecule has 0 aliphatic heterocycles. The van der Waals surface area contributed by atoms with E-state index in [1.807, 2.05) is 6.07 Å². The fraction of sp³-hybridized carbons (Fsp3) is 0.250. The van der Waals surface area contributed by atoms with Crippen LogP contribution in [0.15, 0.2) is 33.8 Å². The standard InChI is InChI=1S/C12H12BrN3O2S/c1-15-7-10(13)9(5-11(15)17)12(18)16(2)6-8-3-4-14-19-8/h3-5,7H,6H2,1-2H3. The van der Waals surface area contributed by atoms with Crippen molar-refractivity contribution >= 4 is 33.4 Å². The van der Waals surface area contributed by atoms with E-state index in [1.165, 1.54) is 22.2 Å². The Morgan fingerprint density at radius 3 is 2.95 bits per heavy atom. The van der Waals surface area contributed by atoms with Crippen molar-refractivity contribution in [3.8, 4) is 0 Å². The summed E-state index contributed by atoms with van der Waals surface area (Å²) in [5, 5.41) is 0. The first-order valence-corrected chi connectivity index (χ1v) is 7.07. The summed E-state index contributed by atoms with van der Waals surface area (Å²) in [5.74, 6) is -0.196. The van der Waals surface area contributed by atoms with Crippen molar-refractivity contribution in [2.24, 2.45) is 7.05 Å². The predicted molar refractivity (Wildman–Crippen MR) is 77.3 cm³/mol. The smallest absolute Gasteiger partial charge is 0.255 e. The van der Waals surface area contributed by atoms with Crippen molar-refractivity contribution in [1.29, 1.82) is 0 Å². The lowest BCUT2D eigenvalue weighted by Crippen LogP contribution is -2.28. The highest BCUT2D eigenvalue weighted by Gasteiger charge is 2.17. The van der Waals surface area contributed by atoms with Crippen LogP contribution in [0.25, 0.3) is 0 Å². The second-order valence-electron chi connectivity index (χ2n) is 4.12. The molecule has 2 heterocycles. The zero-order chi connectivity index (χ0) is 14.0. The molecule has 0 saturated carbocycles. The van der Waals surface area contributed by atoms with Gasteiger partial charge in [0, 0.05) is 41.9 Å². The lowest BCUT2D eigenvalue weighted by atomic mass is 10.2. The molecule has 0 unspecified atom stereocenters. The van der Waals surface area contributed by atoms with E-state index in [2.05, 4.69) is 20.3 Å². The molecule has 0 N–H and O–H groups in total. The van der Waals surface area contributed by atoms with Gasteiger partial charge in [0.2, 0.25) is 0 Å². The fourth-order valence-corrected chi connectivity index (χ4v) is 2.82. The second kappa shape index (κ2) is 5.66. The molecule has 7 heteroatoms. The van der Waals surface area contributed by atoms with Crippen LogP contribution in [0.5, 0.6) is 0 Å². The number of amides is 1. The van der Waals surface area contributed by atoms with Gasteiger partial charge >= 0.3 is 0 Å². The van der Waals surface area contributed by atoms with Crippen LogP contribution in [0.4, 0.5) is 0 Å². The number of carbonyl (C=O) groups is 1. The molecule has 5 nitrogen and oxygen atoms in total. The maximum absolute atomic E-state index is 12.3. The van der Waals surface area contributed by atoms with Gasteiger partial charge in [-0.2, -0.15) is 0 Å². The molecule has 2 aromatic rings. The molecular weight excluding hydrogens is 330 g/mol. The Balaban J connectivity index is 2.24. The maximum atomic E-state index is 12.3. The van der Waals surface area contributed by atoms with Crippen molar-refractivity contribution in [3.05, 3.63) is 49.8 Å². The topological polar surface area (TPSA) is 55.2 Å². The number of aryl methyl sites for hydroxylation is 1. The molecule has 0 bridgehead atoms. The molecule has 0 spiro atoms. The number of carbonyl (C=O) groups excluding carboxylic acids is 1. The van der Waals surface area contributed by atoms with Crippen LogP contribution in [-0.4, -0.2) is 26.8 Å². The molecule has 19 heavy (non-hydrogen) atoms. The van der Waals surface area contributed by atoms with Crippen molar-refractivity contribution in [3.63, 3.8) is 0 Å². The van der Waals surface area contributed by atoms with E-state index < -0.39 is 0 Å². The molecule has 0 aliphatic rings. The largest absolute Gasteiger partial charge is 0.336 e. The Morgan fingerprint density at radius 2 is 2.32 bits per heavy atom. The van der Waals surface area contributed by atoms with E-state index in [0.29, 0.717) is 16.6 Å². The third kappa shape index (κ3) is 3.10. The first kappa shape index (κ1) is 14.0. The molecule has 2 aromatic heterocycles. The minimum absolute atomic E-state index is 0.196. The molecule has 0 aromatic carbocycles. The monoisotopic (exact) mass is 341 g/mol. The van der Waals surface area contributed by atoms with Gasteiger partial charge in [-0.15, -0.1) is 0 Å². The first-order valence-electron chi connectivity index (χ1n) is 5.50. The summed E-state index contributed by atoms with van der Waals surface area (Å²) in [7, 11) is 3.34. The van der Waals surface area contributed by atoms with Crippen LogP contribution >= 0.6 is 27.5 Å². The Hall–Kier alpha value is -1.47. The average Bonchev–Trinajstić information content (AvgIpc) is 2.85. The van der Waals surface area contributed by atoms with E-state index in [1.54, 1.807) is 31.4 Å². The van der Waals surface area contributed by atoms with Gasteiger partial charge in [-0.1, -0.05) is 0 Å². The first-order chi connectivity index (χ1) is 8.99. The highest BCUT2D eigenvalue weighted by atomic mass is 79.9. The van der Waals surface area contributed by atoms with Crippen molar-refractivity contribution in [1.82, 2.24) is 13.8 Å². The summed E-state index contributed by atoms with van der Waals surface area (Å²) >= 11 is 4.66. The Bertz CT molecular complexity index is 651. The molecule has 1 amide bonds. The number of aromatic nitrogens is 2. The van der Waals surface area contributed by atoms with Crippen LogP contribution in [-0.2, 0) is 13.6 Å². The summed E-state index contributed by atoms with van der Waals surface area (Å²) in [6.07, 6.45) is 3.29. The van der Waals surface area contributed by atoms with Gasteiger partial charge in [0.15, 0.2) is 0 Å². The van der Waals surface area contributed by atoms with Gasteiger partial charge in [-0.3, -0.25) is 9.59 Å². The molecule has 0 aliphatic carbocycles. The Morgan fingerprint density at radius 1 is 1.58 bits per heavy atom. The van der Waals surface area contributed by atoms with Crippen LogP contribution in [0.3, 0.4) is 0 Å². The van der Waals surface area contributed by atoms with Crippen LogP contribution in [0.2, 0.25) is 0 Å². The normalized spacial score (nSPS) is 10.5. The number of halogens is 1. The van der Waals surface area contributed by atoms with Crippen LogP contribution in [0.1, 0.15) is 15.2 Å². The van der Waals surface area contributed by atoms with Gasteiger partial charge < -0.3 is 9.47 Å². The molecule has 0 saturated heterocycles. The second-order valence-corrected chi connectivity index (χ2v) is 5.90. The van der Waals surface area contributed by atoms with E-state index in [-0.39, 0.29) is 11.5 Å². The van der Waals surface area contributed by atoms with Crippen molar-refractivity contribution in [2.45, 2.75) is 6.54 Å². The van der Waals surface area contributed by atoms with Gasteiger partial charge in [0.05, 0.1) is 12.1 Å². The number of hydrogen-bond acceptors (Lipinski definition) is 4. The molecule has 2 rings (SSSR count). The van der Waals surface area contributed by atoms with Gasteiger partial charge in [0.1, 0.15) is 0 Å². The molecule has 0 fully saturated rings. The summed E-state index contributed by atoms with van der Waals surface area (Å²) in [4.78, 5) is 26.4. The summed E-state index contributed by atoms with van der Waals surface area (Å²) in [5.41, 5.74) is 0.160. The molecule has 0 radical (unpaired) electrons. The highest BCUT2D eigenvalue weighted by molar-refractivity contribution is 9.10. The van der Waals surface area contributed by atoms with Crippen LogP contribution < -0.4 is 5.56 Å². The van der Waals surface area contributed by atoms with Crippen LogP contribution in [0, 0.1) is 0 Å². The summed E-state index contributed by atoms with van der Waals surface area (Å²) in [6, 6.07) is 3.21. The summed E-state index contributed by atoms with van der Waals surface area (Å²) in [6.45, 7) is 0.477. The number of rotatable bonds is 3. The van der Waals surface area contributed by atoms with E-state index in [4.69, 9.17) is 0 Å². The van der Waals surface area contributed by atoms with Gasteiger partial charge in [-0.05, 0) is 33.5 Å². The Labute approximate surface area is 122 Å². The van der Waals surface area contributed by atoms with E-state index in [0.717, 1.165) is 4.88 Å². The molecular formula is C12H12BrN3O2S. The summed E-state index contributed by atoms with van der Waals surface area (Å²) < 4.78 is 6.02. The minimum Gasteiger partial charge on any atom is -0.336 e. The van der Waals surface area contributed by atoms with Crippen molar-refractivity contribution < 1.29 is 4.79 Å². The van der Waals surface area contributed by atoms with Crippen molar-refractivity contribution in [2.75, 3.05) is 7.05 Å². The molecule has 0 atom stereocenters. The third-order valence-electron chi connectivity index (χ3n) is 2.64. The maximum Gasteiger partial charge on any atom is 0.255 e. The third-order valence-corrected chi connectivity index (χ3v) is 4.00. The number of nitrogens with zero attached hydrogens (tertiary/aromatic N) is 3. The predicted octanol–water partition coefficient (Wildman–Crippen LogP) is 1.88. The zero-order valence-electron chi connectivity index (χ0n) is 10.5. The SMILES string of the molecule is CN(Cc1ccns1)C(=O)c1cc(=O)n(C)cc1Br. The molecule has 100 valence electrons. The lowest BCUT2D eigenvalue weighted by Gasteiger charge is -2.17. The minimum atomic E-state index is -0.210. The quantitative estimate of drug-likeness (QED) is 0.856. The average molecular weight is 342 g/mol.